The first kappa shape index (κ1) is 13.3. The molecule has 0 saturated heterocycles. The largest absolute Gasteiger partial charge is 0.311 e. The fraction of sp³-hybridized carbons (Fsp3) is 0.333. The lowest BCUT2D eigenvalue weighted by molar-refractivity contribution is -0.115. The number of hydrogen-bond acceptors (Lipinski definition) is 2. The lowest BCUT2D eigenvalue weighted by Crippen LogP contribution is -2.18. The molecular formula is C15H19N3O. The van der Waals surface area contributed by atoms with Crippen LogP contribution in [0.2, 0.25) is 0 Å². The van der Waals surface area contributed by atoms with Crippen molar-refractivity contribution in [1.82, 2.24) is 9.78 Å². The van der Waals surface area contributed by atoms with Crippen molar-refractivity contribution in [3.8, 4) is 0 Å². The van der Waals surface area contributed by atoms with Gasteiger partial charge in [-0.3, -0.25) is 4.79 Å². The van der Waals surface area contributed by atoms with E-state index in [0.717, 1.165) is 16.9 Å². The first-order valence-corrected chi connectivity index (χ1v) is 6.46. The Morgan fingerprint density at radius 3 is 2.74 bits per heavy atom. The summed E-state index contributed by atoms with van der Waals surface area (Å²) in [5, 5.41) is 7.10. The fourth-order valence-electron chi connectivity index (χ4n) is 1.99. The summed E-state index contributed by atoms with van der Waals surface area (Å²) in [5.74, 6) is 0.727. The number of anilines is 1. The van der Waals surface area contributed by atoms with Crippen LogP contribution in [0.5, 0.6) is 0 Å². The maximum absolute atomic E-state index is 12.1. The summed E-state index contributed by atoms with van der Waals surface area (Å²) in [4.78, 5) is 12.1. The van der Waals surface area contributed by atoms with Crippen LogP contribution in [0.3, 0.4) is 0 Å². The molecule has 1 amide bonds. The molecule has 4 heteroatoms. The summed E-state index contributed by atoms with van der Waals surface area (Å²) in [6.07, 6.45) is 2.08. The number of benzene rings is 1. The number of hydrogen-bond donors (Lipinski definition) is 1. The first-order chi connectivity index (χ1) is 9.08. The summed E-state index contributed by atoms with van der Waals surface area (Å²) in [7, 11) is 0. The van der Waals surface area contributed by atoms with Crippen molar-refractivity contribution in [3.05, 3.63) is 47.7 Å². The number of aromatic nitrogens is 2. The second-order valence-corrected chi connectivity index (χ2v) is 4.91. The highest BCUT2D eigenvalue weighted by Gasteiger charge is 2.10. The topological polar surface area (TPSA) is 46.9 Å². The van der Waals surface area contributed by atoms with Gasteiger partial charge in [0.05, 0.1) is 12.6 Å². The molecule has 100 valence electrons. The number of aryl methyl sites for hydroxylation is 1. The van der Waals surface area contributed by atoms with Crippen molar-refractivity contribution in [3.63, 3.8) is 0 Å². The monoisotopic (exact) mass is 257 g/mol. The quantitative estimate of drug-likeness (QED) is 0.915. The summed E-state index contributed by atoms with van der Waals surface area (Å²) >= 11 is 0. The number of carbonyl (C=O) groups is 1. The van der Waals surface area contributed by atoms with Crippen molar-refractivity contribution < 1.29 is 4.79 Å². The smallest absolute Gasteiger partial charge is 0.229 e. The molecule has 0 radical (unpaired) electrons. The van der Waals surface area contributed by atoms with Gasteiger partial charge in [-0.1, -0.05) is 24.3 Å². The molecule has 4 nitrogen and oxygen atoms in total. The Morgan fingerprint density at radius 1 is 1.32 bits per heavy atom. The third-order valence-electron chi connectivity index (χ3n) is 3.04. The minimum Gasteiger partial charge on any atom is -0.311 e. The molecule has 1 N–H and O–H groups in total. The van der Waals surface area contributed by atoms with Crippen molar-refractivity contribution in [2.24, 2.45) is 0 Å². The van der Waals surface area contributed by atoms with Crippen LogP contribution >= 0.6 is 0 Å². The molecule has 0 fully saturated rings. The van der Waals surface area contributed by atoms with Crippen LogP contribution in [0.1, 0.15) is 31.0 Å². The molecule has 0 atom stereocenters. The van der Waals surface area contributed by atoms with E-state index in [2.05, 4.69) is 10.4 Å². The Kier molecular flexibility index (Phi) is 4.00. The van der Waals surface area contributed by atoms with Gasteiger partial charge in [0.15, 0.2) is 0 Å². The minimum atomic E-state index is -0.0169. The second kappa shape index (κ2) is 5.69. The van der Waals surface area contributed by atoms with Gasteiger partial charge in [0, 0.05) is 12.1 Å². The molecule has 0 aliphatic carbocycles. The minimum absolute atomic E-state index is 0.0169. The van der Waals surface area contributed by atoms with E-state index in [0.29, 0.717) is 6.42 Å². The van der Waals surface area contributed by atoms with Gasteiger partial charge in [-0.05, 0) is 31.9 Å². The normalized spacial score (nSPS) is 10.7. The summed E-state index contributed by atoms with van der Waals surface area (Å²) < 4.78 is 1.80. The molecule has 19 heavy (non-hydrogen) atoms. The molecule has 2 rings (SSSR count). The van der Waals surface area contributed by atoms with Crippen LogP contribution in [0.25, 0.3) is 0 Å². The molecule has 1 heterocycles. The lowest BCUT2D eigenvalue weighted by atomic mass is 10.1. The molecule has 2 aromatic rings. The van der Waals surface area contributed by atoms with Crippen LogP contribution < -0.4 is 5.32 Å². The Bertz CT molecular complexity index is 572. The van der Waals surface area contributed by atoms with E-state index in [4.69, 9.17) is 0 Å². The van der Waals surface area contributed by atoms with Gasteiger partial charge in [0.1, 0.15) is 5.82 Å². The van der Waals surface area contributed by atoms with Gasteiger partial charge in [0.2, 0.25) is 5.91 Å². The number of amides is 1. The van der Waals surface area contributed by atoms with Crippen molar-refractivity contribution in [2.75, 3.05) is 5.32 Å². The predicted molar refractivity (Wildman–Crippen MR) is 76.1 cm³/mol. The van der Waals surface area contributed by atoms with Crippen LogP contribution in [0.4, 0.5) is 5.82 Å². The second-order valence-electron chi connectivity index (χ2n) is 4.91. The number of nitrogens with one attached hydrogen (secondary N) is 1. The highest BCUT2D eigenvalue weighted by molar-refractivity contribution is 5.91. The van der Waals surface area contributed by atoms with E-state index in [1.54, 1.807) is 10.9 Å². The lowest BCUT2D eigenvalue weighted by Gasteiger charge is -2.12. The third-order valence-corrected chi connectivity index (χ3v) is 3.04. The molecule has 0 aliphatic rings. The Labute approximate surface area is 113 Å². The van der Waals surface area contributed by atoms with Gasteiger partial charge < -0.3 is 5.32 Å². The highest BCUT2D eigenvalue weighted by Crippen LogP contribution is 2.14. The van der Waals surface area contributed by atoms with Gasteiger partial charge >= 0.3 is 0 Å². The Morgan fingerprint density at radius 2 is 2.05 bits per heavy atom. The molecule has 0 saturated carbocycles. The van der Waals surface area contributed by atoms with E-state index >= 15 is 0 Å². The molecule has 0 spiro atoms. The summed E-state index contributed by atoms with van der Waals surface area (Å²) in [6.45, 7) is 6.08. The fourth-order valence-corrected chi connectivity index (χ4v) is 1.99. The predicted octanol–water partition coefficient (Wildman–Crippen LogP) is 2.95. The first-order valence-electron chi connectivity index (χ1n) is 6.46. The van der Waals surface area contributed by atoms with Gasteiger partial charge in [0.25, 0.3) is 0 Å². The van der Waals surface area contributed by atoms with Crippen molar-refractivity contribution >= 4 is 11.7 Å². The van der Waals surface area contributed by atoms with Gasteiger partial charge in [-0.25, -0.2) is 4.68 Å². The van der Waals surface area contributed by atoms with Crippen LogP contribution in [0.15, 0.2) is 36.5 Å². The maximum atomic E-state index is 12.1. The van der Waals surface area contributed by atoms with E-state index in [1.165, 1.54) is 0 Å². The molecule has 1 aromatic carbocycles. The maximum Gasteiger partial charge on any atom is 0.229 e. The van der Waals surface area contributed by atoms with Crippen LogP contribution in [0, 0.1) is 6.92 Å². The number of nitrogens with zero attached hydrogens (tertiary/aromatic N) is 2. The Balaban J connectivity index is 2.06. The van der Waals surface area contributed by atoms with E-state index in [9.17, 15) is 4.79 Å². The van der Waals surface area contributed by atoms with Crippen LogP contribution in [-0.4, -0.2) is 15.7 Å². The molecule has 0 unspecified atom stereocenters. The van der Waals surface area contributed by atoms with Crippen LogP contribution in [-0.2, 0) is 11.2 Å². The molecular weight excluding hydrogens is 238 g/mol. The third kappa shape index (κ3) is 3.22. The molecule has 1 aromatic heterocycles. The summed E-state index contributed by atoms with van der Waals surface area (Å²) in [6, 6.07) is 9.97. The van der Waals surface area contributed by atoms with Gasteiger partial charge in [-0.2, -0.15) is 5.10 Å². The average molecular weight is 257 g/mol. The zero-order chi connectivity index (χ0) is 13.8. The average Bonchev–Trinajstić information content (AvgIpc) is 2.80. The van der Waals surface area contributed by atoms with Gasteiger partial charge in [-0.15, -0.1) is 0 Å². The van der Waals surface area contributed by atoms with Crippen molar-refractivity contribution in [1.29, 1.82) is 0 Å². The van der Waals surface area contributed by atoms with Crippen molar-refractivity contribution in [2.45, 2.75) is 33.2 Å². The zero-order valence-corrected chi connectivity index (χ0v) is 11.6. The zero-order valence-electron chi connectivity index (χ0n) is 11.6. The number of rotatable bonds is 4. The standard InChI is InChI=1S/C15H19N3O/c1-11(2)18-14(8-9-16-18)17-15(19)10-13-7-5-4-6-12(13)3/h4-9,11H,10H2,1-3H3,(H,17,19). The number of carbonyl (C=O) groups excluding carboxylic acids is 1. The molecule has 0 bridgehead atoms. The van der Waals surface area contributed by atoms with E-state index in [1.807, 2.05) is 51.1 Å². The summed E-state index contributed by atoms with van der Waals surface area (Å²) in [5.41, 5.74) is 2.19. The molecule has 0 aliphatic heterocycles. The highest BCUT2D eigenvalue weighted by atomic mass is 16.1. The SMILES string of the molecule is Cc1ccccc1CC(=O)Nc1ccnn1C(C)C. The van der Waals surface area contributed by atoms with E-state index < -0.39 is 0 Å². The van der Waals surface area contributed by atoms with E-state index in [-0.39, 0.29) is 11.9 Å². The Hall–Kier alpha value is -2.10.